The van der Waals surface area contributed by atoms with E-state index < -0.39 is 0 Å². The molecule has 0 saturated carbocycles. The van der Waals surface area contributed by atoms with Gasteiger partial charge in [0.1, 0.15) is 0 Å². The van der Waals surface area contributed by atoms with Gasteiger partial charge in [-0.2, -0.15) is 12.6 Å². The summed E-state index contributed by atoms with van der Waals surface area (Å²) in [4.78, 5) is 5.16. The molecule has 1 aliphatic rings. The van der Waals surface area contributed by atoms with Crippen molar-refractivity contribution in [1.82, 2.24) is 9.80 Å². The SMILES string of the molecule is CC(C)(CS)CN1CCN(C(C)(C)C)CC1. The van der Waals surface area contributed by atoms with Gasteiger partial charge in [0.25, 0.3) is 0 Å². The molecule has 0 amide bonds. The summed E-state index contributed by atoms with van der Waals surface area (Å²) >= 11 is 4.43. The lowest BCUT2D eigenvalue weighted by molar-refractivity contribution is 0.0487. The lowest BCUT2D eigenvalue weighted by atomic mass is 9.95. The third-order valence-electron chi connectivity index (χ3n) is 3.40. The molecule has 0 radical (unpaired) electrons. The van der Waals surface area contributed by atoms with Crippen LogP contribution in [0.1, 0.15) is 34.6 Å². The van der Waals surface area contributed by atoms with Crippen LogP contribution in [-0.4, -0.2) is 53.8 Å². The molecule has 0 aromatic carbocycles. The lowest BCUT2D eigenvalue weighted by Gasteiger charge is -2.44. The molecule has 0 aliphatic carbocycles. The number of rotatable bonds is 3. The number of piperazine rings is 1. The van der Waals surface area contributed by atoms with Gasteiger partial charge in [0.15, 0.2) is 0 Å². The van der Waals surface area contributed by atoms with Gasteiger partial charge in [-0.3, -0.25) is 4.90 Å². The highest BCUT2D eigenvalue weighted by Crippen LogP contribution is 2.21. The van der Waals surface area contributed by atoms with E-state index in [0.29, 0.717) is 11.0 Å². The zero-order chi connectivity index (χ0) is 12.4. The van der Waals surface area contributed by atoms with E-state index in [2.05, 4.69) is 57.0 Å². The highest BCUT2D eigenvalue weighted by atomic mass is 32.1. The Labute approximate surface area is 107 Å². The van der Waals surface area contributed by atoms with Crippen molar-refractivity contribution in [3.05, 3.63) is 0 Å². The zero-order valence-corrected chi connectivity index (χ0v) is 12.5. The van der Waals surface area contributed by atoms with Crippen molar-refractivity contribution in [3.8, 4) is 0 Å². The molecule has 1 aliphatic heterocycles. The van der Waals surface area contributed by atoms with Crippen LogP contribution in [0.2, 0.25) is 0 Å². The van der Waals surface area contributed by atoms with Crippen LogP contribution < -0.4 is 0 Å². The second-order valence-corrected chi connectivity index (χ2v) is 7.07. The maximum absolute atomic E-state index is 4.43. The number of nitrogens with zero attached hydrogens (tertiary/aromatic N) is 2. The van der Waals surface area contributed by atoms with Gasteiger partial charge < -0.3 is 4.90 Å². The average molecular weight is 244 g/mol. The van der Waals surface area contributed by atoms with E-state index in [4.69, 9.17) is 0 Å². The Morgan fingerprint density at radius 1 is 0.938 bits per heavy atom. The molecule has 1 saturated heterocycles. The van der Waals surface area contributed by atoms with Crippen molar-refractivity contribution in [1.29, 1.82) is 0 Å². The normalized spacial score (nSPS) is 21.4. The summed E-state index contributed by atoms with van der Waals surface area (Å²) < 4.78 is 0. The van der Waals surface area contributed by atoms with Crippen LogP contribution in [0.3, 0.4) is 0 Å². The van der Waals surface area contributed by atoms with Crippen LogP contribution in [0, 0.1) is 5.41 Å². The summed E-state index contributed by atoms with van der Waals surface area (Å²) in [6.07, 6.45) is 0. The second-order valence-electron chi connectivity index (χ2n) is 6.76. The minimum absolute atomic E-state index is 0.325. The Morgan fingerprint density at radius 3 is 1.81 bits per heavy atom. The first-order valence-electron chi connectivity index (χ1n) is 6.33. The van der Waals surface area contributed by atoms with E-state index in [0.717, 1.165) is 5.75 Å². The summed E-state index contributed by atoms with van der Waals surface area (Å²) in [7, 11) is 0. The predicted molar refractivity (Wildman–Crippen MR) is 75.4 cm³/mol. The summed E-state index contributed by atoms with van der Waals surface area (Å²) in [6.45, 7) is 17.5. The maximum Gasteiger partial charge on any atom is 0.0126 e. The van der Waals surface area contributed by atoms with Gasteiger partial charge in [-0.05, 0) is 31.9 Å². The Balaban J connectivity index is 2.38. The van der Waals surface area contributed by atoms with Crippen LogP contribution >= 0.6 is 12.6 Å². The molecule has 2 nitrogen and oxygen atoms in total. The summed E-state index contributed by atoms with van der Waals surface area (Å²) in [5.74, 6) is 0.965. The van der Waals surface area contributed by atoms with E-state index >= 15 is 0 Å². The van der Waals surface area contributed by atoms with Gasteiger partial charge in [0.2, 0.25) is 0 Å². The van der Waals surface area contributed by atoms with Gasteiger partial charge in [-0.1, -0.05) is 13.8 Å². The van der Waals surface area contributed by atoms with Gasteiger partial charge in [-0.15, -0.1) is 0 Å². The predicted octanol–water partition coefficient (Wildman–Crippen LogP) is 2.36. The van der Waals surface area contributed by atoms with E-state index in [1.165, 1.54) is 32.7 Å². The smallest absolute Gasteiger partial charge is 0.0126 e. The van der Waals surface area contributed by atoms with Crippen LogP contribution in [0.15, 0.2) is 0 Å². The van der Waals surface area contributed by atoms with E-state index in [9.17, 15) is 0 Å². The zero-order valence-electron chi connectivity index (χ0n) is 11.6. The molecule has 96 valence electrons. The Morgan fingerprint density at radius 2 is 1.44 bits per heavy atom. The fourth-order valence-electron chi connectivity index (χ4n) is 2.23. The Hall–Kier alpha value is 0.270. The first kappa shape index (κ1) is 14.3. The van der Waals surface area contributed by atoms with Crippen molar-refractivity contribution in [2.75, 3.05) is 38.5 Å². The molecule has 0 spiro atoms. The first-order chi connectivity index (χ1) is 7.24. The maximum atomic E-state index is 4.43. The van der Waals surface area contributed by atoms with Crippen molar-refractivity contribution >= 4 is 12.6 Å². The lowest BCUT2D eigenvalue weighted by Crippen LogP contribution is -2.54. The Kier molecular flexibility index (Phi) is 4.73. The first-order valence-corrected chi connectivity index (χ1v) is 6.96. The average Bonchev–Trinajstić information content (AvgIpc) is 2.16. The standard InChI is InChI=1S/C13H28N2S/c1-12(2,3)15-8-6-14(7-9-15)10-13(4,5)11-16/h16H,6-11H2,1-5H3. The van der Waals surface area contributed by atoms with E-state index in [1.807, 2.05) is 0 Å². The van der Waals surface area contributed by atoms with Crippen LogP contribution in [-0.2, 0) is 0 Å². The third kappa shape index (κ3) is 4.27. The number of hydrogen-bond acceptors (Lipinski definition) is 3. The molecular weight excluding hydrogens is 216 g/mol. The summed E-state index contributed by atoms with van der Waals surface area (Å²) in [5, 5.41) is 0. The summed E-state index contributed by atoms with van der Waals surface area (Å²) in [6, 6.07) is 0. The highest BCUT2D eigenvalue weighted by Gasteiger charge is 2.28. The molecular formula is C13H28N2S. The van der Waals surface area contributed by atoms with Crippen LogP contribution in [0.4, 0.5) is 0 Å². The molecule has 1 heterocycles. The van der Waals surface area contributed by atoms with Crippen molar-refractivity contribution in [2.24, 2.45) is 5.41 Å². The number of thiol groups is 1. The van der Waals surface area contributed by atoms with Gasteiger partial charge in [-0.25, -0.2) is 0 Å². The molecule has 0 bridgehead atoms. The largest absolute Gasteiger partial charge is 0.300 e. The Bertz CT molecular complexity index is 212. The van der Waals surface area contributed by atoms with Gasteiger partial charge in [0, 0.05) is 38.3 Å². The molecule has 1 rings (SSSR count). The summed E-state index contributed by atoms with van der Waals surface area (Å²) in [5.41, 5.74) is 0.665. The monoisotopic (exact) mass is 244 g/mol. The molecule has 3 heteroatoms. The quantitative estimate of drug-likeness (QED) is 0.762. The van der Waals surface area contributed by atoms with E-state index in [-0.39, 0.29) is 0 Å². The topological polar surface area (TPSA) is 6.48 Å². The molecule has 1 fully saturated rings. The molecule has 0 N–H and O–H groups in total. The molecule has 0 atom stereocenters. The van der Waals surface area contributed by atoms with Crippen LogP contribution in [0.25, 0.3) is 0 Å². The minimum Gasteiger partial charge on any atom is -0.300 e. The van der Waals surface area contributed by atoms with Gasteiger partial charge >= 0.3 is 0 Å². The number of hydrogen-bond donors (Lipinski definition) is 1. The fraction of sp³-hybridized carbons (Fsp3) is 1.00. The van der Waals surface area contributed by atoms with Gasteiger partial charge in [0.05, 0.1) is 0 Å². The van der Waals surface area contributed by atoms with E-state index in [1.54, 1.807) is 0 Å². The highest BCUT2D eigenvalue weighted by molar-refractivity contribution is 7.80. The van der Waals surface area contributed by atoms with Crippen molar-refractivity contribution in [3.63, 3.8) is 0 Å². The fourth-order valence-corrected chi connectivity index (χ4v) is 2.33. The molecule has 0 aromatic heterocycles. The minimum atomic E-state index is 0.325. The van der Waals surface area contributed by atoms with Crippen LogP contribution in [0.5, 0.6) is 0 Å². The third-order valence-corrected chi connectivity index (χ3v) is 4.26. The molecule has 0 unspecified atom stereocenters. The molecule has 16 heavy (non-hydrogen) atoms. The molecule has 0 aromatic rings. The van der Waals surface area contributed by atoms with Crippen molar-refractivity contribution < 1.29 is 0 Å². The van der Waals surface area contributed by atoms with Crippen molar-refractivity contribution in [2.45, 2.75) is 40.2 Å². The second kappa shape index (κ2) is 5.28.